The number of anilines is 1. The molecule has 1 unspecified atom stereocenters. The van der Waals surface area contributed by atoms with Crippen LogP contribution in [0, 0.1) is 13.8 Å². The minimum absolute atomic E-state index is 0.161. The lowest BCUT2D eigenvalue weighted by Crippen LogP contribution is -2.36. The van der Waals surface area contributed by atoms with Gasteiger partial charge in [-0.3, -0.25) is 19.1 Å². The molecule has 3 heterocycles. The summed E-state index contributed by atoms with van der Waals surface area (Å²) < 4.78 is 12.2. The van der Waals surface area contributed by atoms with Crippen molar-refractivity contribution in [1.82, 2.24) is 14.5 Å². The molecule has 1 amide bonds. The van der Waals surface area contributed by atoms with Crippen LogP contribution in [0.2, 0.25) is 0 Å². The number of methoxy groups -OCH3 is 2. The molecule has 1 aromatic carbocycles. The Morgan fingerprint density at radius 2 is 1.88 bits per heavy atom. The van der Waals surface area contributed by atoms with Gasteiger partial charge in [-0.05, 0) is 64.4 Å². The van der Waals surface area contributed by atoms with Gasteiger partial charge in [-0.25, -0.2) is 4.98 Å². The van der Waals surface area contributed by atoms with E-state index in [9.17, 15) is 9.59 Å². The Kier molecular flexibility index (Phi) is 6.71. The molecule has 1 saturated heterocycles. The third kappa shape index (κ3) is 4.47. The molecule has 0 spiro atoms. The van der Waals surface area contributed by atoms with Gasteiger partial charge in [-0.15, -0.1) is 11.3 Å². The van der Waals surface area contributed by atoms with Crippen molar-refractivity contribution < 1.29 is 14.3 Å². The molecule has 1 atom stereocenters. The largest absolute Gasteiger partial charge is 0.493 e. The van der Waals surface area contributed by atoms with Crippen LogP contribution in [0.15, 0.2) is 23.0 Å². The van der Waals surface area contributed by atoms with Crippen LogP contribution in [0.3, 0.4) is 0 Å². The number of aromatic nitrogens is 2. The molecule has 0 radical (unpaired) electrons. The maximum Gasteiger partial charge on any atom is 0.263 e. The molecule has 0 aliphatic carbocycles. The topological polar surface area (TPSA) is 85.7 Å². The van der Waals surface area contributed by atoms with Crippen LogP contribution in [0.5, 0.6) is 11.5 Å². The average Bonchev–Trinajstić information content (AvgIpc) is 3.41. The molecule has 8 nitrogen and oxygen atoms in total. The van der Waals surface area contributed by atoms with Gasteiger partial charge >= 0.3 is 0 Å². The number of amides is 1. The van der Waals surface area contributed by atoms with Gasteiger partial charge < -0.3 is 14.8 Å². The van der Waals surface area contributed by atoms with Crippen molar-refractivity contribution in [1.29, 1.82) is 0 Å². The summed E-state index contributed by atoms with van der Waals surface area (Å²) in [5.74, 6) is 1.43. The Morgan fingerprint density at radius 1 is 1.18 bits per heavy atom. The maximum atomic E-state index is 13.6. The Labute approximate surface area is 197 Å². The monoisotopic (exact) mass is 470 g/mol. The van der Waals surface area contributed by atoms with E-state index in [1.54, 1.807) is 43.9 Å². The van der Waals surface area contributed by atoms with E-state index in [1.807, 2.05) is 13.8 Å². The Balaban J connectivity index is 1.71. The highest BCUT2D eigenvalue weighted by atomic mass is 32.1. The summed E-state index contributed by atoms with van der Waals surface area (Å²) in [6, 6.07) is 4.44. The number of hydrogen-bond acceptors (Lipinski definition) is 7. The fourth-order valence-corrected chi connectivity index (χ4v) is 5.32. The highest BCUT2D eigenvalue weighted by Crippen LogP contribution is 2.31. The van der Waals surface area contributed by atoms with Crippen molar-refractivity contribution in [2.75, 3.05) is 32.6 Å². The number of fused-ring (bicyclic) bond motifs is 1. The lowest BCUT2D eigenvalue weighted by molar-refractivity contribution is -0.119. The number of aryl methyl sites for hydroxylation is 2. The van der Waals surface area contributed by atoms with E-state index in [2.05, 4.69) is 10.2 Å². The van der Waals surface area contributed by atoms with Gasteiger partial charge in [0.05, 0.1) is 26.2 Å². The first-order valence-corrected chi connectivity index (χ1v) is 11.9. The number of nitrogens with one attached hydrogen (secondary N) is 1. The van der Waals surface area contributed by atoms with Crippen molar-refractivity contribution >= 4 is 33.1 Å². The number of carbonyl (C=O) groups excluding carboxylic acids is 1. The molecule has 1 N–H and O–H groups in total. The van der Waals surface area contributed by atoms with Crippen LogP contribution in [0.4, 0.5) is 5.69 Å². The van der Waals surface area contributed by atoms with E-state index in [4.69, 9.17) is 14.5 Å². The molecular weight excluding hydrogens is 440 g/mol. The fourth-order valence-electron chi connectivity index (χ4n) is 4.28. The second-order valence-corrected chi connectivity index (χ2v) is 9.59. The highest BCUT2D eigenvalue weighted by Gasteiger charge is 2.26. The van der Waals surface area contributed by atoms with Crippen LogP contribution >= 0.6 is 11.3 Å². The van der Waals surface area contributed by atoms with Crippen LogP contribution in [-0.2, 0) is 11.3 Å². The number of carbonyl (C=O) groups is 1. The van der Waals surface area contributed by atoms with Crippen molar-refractivity contribution in [3.05, 3.63) is 44.8 Å². The number of benzene rings is 1. The number of ether oxygens (including phenoxy) is 2. The van der Waals surface area contributed by atoms with Crippen LogP contribution < -0.4 is 20.3 Å². The summed E-state index contributed by atoms with van der Waals surface area (Å²) in [5, 5.41) is 3.51. The van der Waals surface area contributed by atoms with E-state index in [1.165, 1.54) is 11.3 Å². The quantitative estimate of drug-likeness (QED) is 0.564. The fraction of sp³-hybridized carbons (Fsp3) is 0.458. The van der Waals surface area contributed by atoms with E-state index < -0.39 is 6.04 Å². The Bertz CT molecular complexity index is 1240. The van der Waals surface area contributed by atoms with Gasteiger partial charge in [-0.2, -0.15) is 0 Å². The Morgan fingerprint density at radius 3 is 2.55 bits per heavy atom. The van der Waals surface area contributed by atoms with Gasteiger partial charge in [-0.1, -0.05) is 0 Å². The predicted octanol–water partition coefficient (Wildman–Crippen LogP) is 3.89. The number of rotatable bonds is 7. The van der Waals surface area contributed by atoms with E-state index in [0.717, 1.165) is 41.2 Å². The first-order chi connectivity index (χ1) is 15.8. The molecule has 1 aliphatic heterocycles. The molecule has 9 heteroatoms. The zero-order chi connectivity index (χ0) is 23.7. The third-order valence-electron chi connectivity index (χ3n) is 6.29. The molecule has 1 fully saturated rings. The first-order valence-electron chi connectivity index (χ1n) is 11.1. The van der Waals surface area contributed by atoms with Gasteiger partial charge in [0.2, 0.25) is 5.91 Å². The molecule has 33 heavy (non-hydrogen) atoms. The normalized spacial score (nSPS) is 15.1. The van der Waals surface area contributed by atoms with Crippen molar-refractivity contribution in [3.63, 3.8) is 0 Å². The van der Waals surface area contributed by atoms with E-state index in [0.29, 0.717) is 34.9 Å². The number of likely N-dealkylation sites (tertiary alicyclic amines) is 1. The predicted molar refractivity (Wildman–Crippen MR) is 131 cm³/mol. The van der Waals surface area contributed by atoms with Crippen molar-refractivity contribution in [2.24, 2.45) is 0 Å². The van der Waals surface area contributed by atoms with Gasteiger partial charge in [0.1, 0.15) is 16.7 Å². The van der Waals surface area contributed by atoms with Crippen LogP contribution in [-0.4, -0.2) is 47.7 Å². The standard InChI is InChI=1S/C24H30N4O4S/c1-14-16(3)33-23-21(14)24(30)28(20(26-23)13-27-10-6-7-11-27)15(2)22(29)25-17-8-9-18(31-4)19(12-17)32-5/h8-9,12,15H,6-7,10-11,13H2,1-5H3,(H,25,29). The summed E-state index contributed by atoms with van der Waals surface area (Å²) >= 11 is 1.53. The molecule has 176 valence electrons. The molecule has 0 saturated carbocycles. The van der Waals surface area contributed by atoms with Gasteiger partial charge in [0.25, 0.3) is 5.56 Å². The summed E-state index contributed by atoms with van der Waals surface area (Å²) in [7, 11) is 3.10. The molecule has 1 aliphatic rings. The Hall–Kier alpha value is -2.91. The zero-order valence-corrected chi connectivity index (χ0v) is 20.5. The summed E-state index contributed by atoms with van der Waals surface area (Å²) in [5.41, 5.74) is 1.34. The number of hydrogen-bond donors (Lipinski definition) is 1. The van der Waals surface area contributed by atoms with E-state index in [-0.39, 0.29) is 11.5 Å². The molecule has 3 aromatic rings. The number of thiophene rings is 1. The maximum absolute atomic E-state index is 13.6. The molecule has 4 rings (SSSR count). The SMILES string of the molecule is COc1ccc(NC(=O)C(C)n2c(CN3CCCC3)nc3sc(C)c(C)c3c2=O)cc1OC. The second kappa shape index (κ2) is 9.52. The van der Waals surface area contributed by atoms with Gasteiger partial charge in [0.15, 0.2) is 11.5 Å². The summed E-state index contributed by atoms with van der Waals surface area (Å²) in [4.78, 5) is 35.9. The minimum atomic E-state index is -0.736. The van der Waals surface area contributed by atoms with Crippen LogP contribution in [0.1, 0.15) is 42.1 Å². The van der Waals surface area contributed by atoms with Crippen molar-refractivity contribution in [3.8, 4) is 11.5 Å². The summed E-state index contributed by atoms with van der Waals surface area (Å²) in [6.45, 7) is 8.18. The lowest BCUT2D eigenvalue weighted by atomic mass is 10.2. The molecule has 0 bridgehead atoms. The lowest BCUT2D eigenvalue weighted by Gasteiger charge is -2.22. The summed E-state index contributed by atoms with van der Waals surface area (Å²) in [6.07, 6.45) is 2.28. The minimum Gasteiger partial charge on any atom is -0.493 e. The molecular formula is C24H30N4O4S. The highest BCUT2D eigenvalue weighted by molar-refractivity contribution is 7.18. The van der Waals surface area contributed by atoms with E-state index >= 15 is 0 Å². The first kappa shape index (κ1) is 23.3. The zero-order valence-electron chi connectivity index (χ0n) is 19.7. The average molecular weight is 471 g/mol. The third-order valence-corrected chi connectivity index (χ3v) is 7.39. The second-order valence-electron chi connectivity index (χ2n) is 8.38. The van der Waals surface area contributed by atoms with Crippen molar-refractivity contribution in [2.45, 2.75) is 46.2 Å². The molecule has 2 aromatic heterocycles. The van der Waals surface area contributed by atoms with Gasteiger partial charge in [0, 0.05) is 16.6 Å². The smallest absolute Gasteiger partial charge is 0.263 e. The number of nitrogens with zero attached hydrogens (tertiary/aromatic N) is 3. The van der Waals surface area contributed by atoms with Crippen LogP contribution in [0.25, 0.3) is 10.2 Å².